The Balaban J connectivity index is 2.66. The monoisotopic (exact) mass is 86.1 g/mol. The lowest BCUT2D eigenvalue weighted by Gasteiger charge is -1.75. The fraction of sp³-hybridized carbons (Fsp3) is 0.600. The molecule has 0 aromatic carbocycles. The maximum Gasteiger partial charge on any atom is 0.0751 e. The molecule has 0 aliphatic carbocycles. The molecule has 0 amide bonds. The first-order valence-corrected chi connectivity index (χ1v) is 2.21. The van der Waals surface area contributed by atoms with Crippen LogP contribution < -0.4 is 0 Å². The van der Waals surface area contributed by atoms with Crippen LogP contribution in [0.4, 0.5) is 0 Å². The SMILES string of the molecule is CCCC=CO. The third-order valence-corrected chi connectivity index (χ3v) is 0.561. The highest BCUT2D eigenvalue weighted by molar-refractivity contribution is 4.69. The zero-order valence-corrected chi connectivity index (χ0v) is 4.02. The fourth-order valence-electron chi connectivity index (χ4n) is 0.241. The van der Waals surface area contributed by atoms with E-state index in [0.29, 0.717) is 0 Å². The van der Waals surface area contributed by atoms with Crippen molar-refractivity contribution in [3.8, 4) is 0 Å². The summed E-state index contributed by atoms with van der Waals surface area (Å²) >= 11 is 0. The Morgan fingerprint density at radius 3 is 2.50 bits per heavy atom. The van der Waals surface area contributed by atoms with Crippen LogP contribution in [0.5, 0.6) is 0 Å². The predicted octanol–water partition coefficient (Wildman–Crippen LogP) is 1.86. The minimum atomic E-state index is 0.983. The number of hydrogen-bond donors (Lipinski definition) is 1. The Labute approximate surface area is 38.3 Å². The van der Waals surface area contributed by atoms with Crippen LogP contribution in [0.1, 0.15) is 19.8 Å². The van der Waals surface area contributed by atoms with Gasteiger partial charge in [0.1, 0.15) is 0 Å². The zero-order valence-electron chi connectivity index (χ0n) is 4.02. The molecule has 0 rings (SSSR count). The molecule has 0 heterocycles. The number of hydrogen-bond acceptors (Lipinski definition) is 1. The molecule has 0 aliphatic heterocycles. The third-order valence-electron chi connectivity index (χ3n) is 0.561. The Hall–Kier alpha value is -0.460. The van der Waals surface area contributed by atoms with E-state index in [2.05, 4.69) is 6.92 Å². The summed E-state index contributed by atoms with van der Waals surface area (Å²) in [6.45, 7) is 2.07. The van der Waals surface area contributed by atoms with Crippen LogP contribution in [-0.4, -0.2) is 5.11 Å². The van der Waals surface area contributed by atoms with Gasteiger partial charge in [-0.2, -0.15) is 0 Å². The van der Waals surface area contributed by atoms with E-state index in [1.165, 1.54) is 0 Å². The standard InChI is InChI=1S/C5H10O/c1-2-3-4-5-6/h4-6H,2-3H2,1H3. The van der Waals surface area contributed by atoms with Crippen molar-refractivity contribution >= 4 is 0 Å². The van der Waals surface area contributed by atoms with Crippen molar-refractivity contribution in [2.45, 2.75) is 19.8 Å². The molecule has 0 atom stereocenters. The summed E-state index contributed by atoms with van der Waals surface area (Å²) in [6.07, 6.45) is 4.91. The molecule has 0 radical (unpaired) electrons. The third kappa shape index (κ3) is 3.54. The number of rotatable bonds is 2. The average Bonchev–Trinajstić information content (AvgIpc) is 1.61. The molecular weight excluding hydrogens is 76.1 g/mol. The molecule has 0 saturated carbocycles. The van der Waals surface area contributed by atoms with Crippen molar-refractivity contribution in [3.05, 3.63) is 12.3 Å². The lowest BCUT2D eigenvalue weighted by Crippen LogP contribution is -1.57. The Morgan fingerprint density at radius 1 is 1.67 bits per heavy atom. The van der Waals surface area contributed by atoms with Crippen LogP contribution in [-0.2, 0) is 0 Å². The van der Waals surface area contributed by atoms with Crippen molar-refractivity contribution in [1.82, 2.24) is 0 Å². The second-order valence-electron chi connectivity index (χ2n) is 1.17. The maximum absolute atomic E-state index is 8.02. The Bertz CT molecular complexity index is 39.2. The number of allylic oxidation sites excluding steroid dienone is 1. The molecule has 0 aromatic rings. The largest absolute Gasteiger partial charge is 0.516 e. The zero-order chi connectivity index (χ0) is 4.83. The summed E-state index contributed by atoms with van der Waals surface area (Å²) in [5.41, 5.74) is 0. The fourth-order valence-corrected chi connectivity index (χ4v) is 0.241. The first-order valence-electron chi connectivity index (χ1n) is 2.21. The van der Waals surface area contributed by atoms with Crippen LogP contribution in [0.15, 0.2) is 12.3 Å². The molecule has 0 aliphatic rings. The number of unbranched alkanes of at least 4 members (excludes halogenated alkanes) is 1. The van der Waals surface area contributed by atoms with Crippen LogP contribution >= 0.6 is 0 Å². The van der Waals surface area contributed by atoms with E-state index < -0.39 is 0 Å². The number of aliphatic hydroxyl groups is 1. The molecule has 0 unspecified atom stereocenters. The van der Waals surface area contributed by atoms with E-state index in [1.807, 2.05) is 0 Å². The van der Waals surface area contributed by atoms with Crippen molar-refractivity contribution in [2.24, 2.45) is 0 Å². The molecular formula is C5H10O. The highest BCUT2D eigenvalue weighted by atomic mass is 16.2. The quantitative estimate of drug-likeness (QED) is 0.508. The summed E-state index contributed by atoms with van der Waals surface area (Å²) in [5.74, 6) is 0. The van der Waals surface area contributed by atoms with Crippen LogP contribution in [0.2, 0.25) is 0 Å². The lowest BCUT2D eigenvalue weighted by molar-refractivity contribution is 0.470. The van der Waals surface area contributed by atoms with Gasteiger partial charge in [0.15, 0.2) is 0 Å². The second kappa shape index (κ2) is 4.54. The molecule has 0 aromatic heterocycles. The van der Waals surface area contributed by atoms with Gasteiger partial charge in [-0.1, -0.05) is 19.4 Å². The van der Waals surface area contributed by atoms with E-state index >= 15 is 0 Å². The minimum absolute atomic E-state index is 0.983. The van der Waals surface area contributed by atoms with Gasteiger partial charge in [0.05, 0.1) is 6.26 Å². The van der Waals surface area contributed by atoms with Gasteiger partial charge < -0.3 is 5.11 Å². The van der Waals surface area contributed by atoms with Gasteiger partial charge in [-0.25, -0.2) is 0 Å². The van der Waals surface area contributed by atoms with Crippen molar-refractivity contribution in [2.75, 3.05) is 0 Å². The second-order valence-corrected chi connectivity index (χ2v) is 1.17. The smallest absolute Gasteiger partial charge is 0.0751 e. The van der Waals surface area contributed by atoms with Gasteiger partial charge in [0.2, 0.25) is 0 Å². The van der Waals surface area contributed by atoms with E-state index in [0.717, 1.165) is 19.1 Å². The van der Waals surface area contributed by atoms with Gasteiger partial charge in [-0.3, -0.25) is 0 Å². The van der Waals surface area contributed by atoms with E-state index in [-0.39, 0.29) is 0 Å². The molecule has 1 heteroatoms. The first kappa shape index (κ1) is 5.54. The Morgan fingerprint density at radius 2 is 2.33 bits per heavy atom. The summed E-state index contributed by atoms with van der Waals surface area (Å²) in [4.78, 5) is 0. The van der Waals surface area contributed by atoms with Crippen LogP contribution in [0, 0.1) is 0 Å². The predicted molar refractivity (Wildman–Crippen MR) is 26.7 cm³/mol. The molecule has 0 fully saturated rings. The van der Waals surface area contributed by atoms with Gasteiger partial charge in [0, 0.05) is 0 Å². The topological polar surface area (TPSA) is 20.2 Å². The Kier molecular flexibility index (Phi) is 4.19. The number of aliphatic hydroxyl groups excluding tert-OH is 1. The van der Waals surface area contributed by atoms with Gasteiger partial charge >= 0.3 is 0 Å². The lowest BCUT2D eigenvalue weighted by atomic mass is 10.3. The normalized spacial score (nSPS) is 10.2. The molecule has 0 spiro atoms. The van der Waals surface area contributed by atoms with E-state index in [4.69, 9.17) is 5.11 Å². The average molecular weight is 86.1 g/mol. The maximum atomic E-state index is 8.02. The van der Waals surface area contributed by atoms with Crippen molar-refractivity contribution in [1.29, 1.82) is 0 Å². The molecule has 0 saturated heterocycles. The minimum Gasteiger partial charge on any atom is -0.516 e. The summed E-state index contributed by atoms with van der Waals surface area (Å²) in [6, 6.07) is 0. The molecule has 1 N–H and O–H groups in total. The summed E-state index contributed by atoms with van der Waals surface area (Å²) in [7, 11) is 0. The molecule has 36 valence electrons. The highest BCUT2D eigenvalue weighted by Gasteiger charge is 1.66. The molecule has 0 bridgehead atoms. The highest BCUT2D eigenvalue weighted by Crippen LogP contribution is 1.84. The summed E-state index contributed by atoms with van der Waals surface area (Å²) in [5, 5.41) is 8.02. The first-order chi connectivity index (χ1) is 2.91. The van der Waals surface area contributed by atoms with Gasteiger partial charge in [-0.15, -0.1) is 0 Å². The van der Waals surface area contributed by atoms with E-state index in [1.54, 1.807) is 6.08 Å². The van der Waals surface area contributed by atoms with Crippen LogP contribution in [0.25, 0.3) is 0 Å². The van der Waals surface area contributed by atoms with Crippen molar-refractivity contribution < 1.29 is 5.11 Å². The van der Waals surface area contributed by atoms with Gasteiger partial charge in [0.25, 0.3) is 0 Å². The molecule has 1 nitrogen and oxygen atoms in total. The molecule has 6 heavy (non-hydrogen) atoms. The van der Waals surface area contributed by atoms with E-state index in [9.17, 15) is 0 Å². The summed E-state index contributed by atoms with van der Waals surface area (Å²) < 4.78 is 0. The van der Waals surface area contributed by atoms with Crippen LogP contribution in [0.3, 0.4) is 0 Å². The van der Waals surface area contributed by atoms with Crippen molar-refractivity contribution in [3.63, 3.8) is 0 Å². The van der Waals surface area contributed by atoms with Gasteiger partial charge in [-0.05, 0) is 6.42 Å².